The molecule has 0 saturated carbocycles. The van der Waals surface area contributed by atoms with E-state index in [1.165, 1.54) is 6.07 Å². The minimum Gasteiger partial charge on any atom is -0.445 e. The van der Waals surface area contributed by atoms with Crippen LogP contribution in [-0.2, 0) is 11.3 Å². The van der Waals surface area contributed by atoms with E-state index in [1.807, 2.05) is 30.3 Å². The number of amides is 1. The van der Waals surface area contributed by atoms with Crippen molar-refractivity contribution in [2.24, 2.45) is 0 Å². The first-order valence-corrected chi connectivity index (χ1v) is 7.38. The molecule has 0 radical (unpaired) electrons. The van der Waals surface area contributed by atoms with Crippen LogP contribution in [0.5, 0.6) is 0 Å². The van der Waals surface area contributed by atoms with Gasteiger partial charge in [-0.05, 0) is 36.6 Å². The Labute approximate surface area is 134 Å². The molecule has 2 N–H and O–H groups in total. The number of carbonyl (C=O) groups excluding carboxylic acids is 1. The van der Waals surface area contributed by atoms with Gasteiger partial charge in [-0.25, -0.2) is 9.18 Å². The summed E-state index contributed by atoms with van der Waals surface area (Å²) < 4.78 is 18.6. The SMILES string of the molecule is Cc1ccc(C(O)C(C)NC(=O)OCc2ccccc2)cc1F. The molecule has 0 aromatic heterocycles. The highest BCUT2D eigenvalue weighted by Gasteiger charge is 2.20. The normalized spacial score (nSPS) is 13.2. The second kappa shape index (κ2) is 7.74. The van der Waals surface area contributed by atoms with Gasteiger partial charge in [0.25, 0.3) is 0 Å². The number of halogens is 1. The Kier molecular flexibility index (Phi) is 5.71. The van der Waals surface area contributed by atoms with Gasteiger partial charge >= 0.3 is 6.09 Å². The Morgan fingerprint density at radius 3 is 2.61 bits per heavy atom. The lowest BCUT2D eigenvalue weighted by atomic mass is 10.0. The summed E-state index contributed by atoms with van der Waals surface area (Å²) in [5.74, 6) is -0.389. The second-order valence-corrected chi connectivity index (χ2v) is 5.45. The van der Waals surface area contributed by atoms with Crippen LogP contribution in [0.25, 0.3) is 0 Å². The Hall–Kier alpha value is -2.40. The Balaban J connectivity index is 1.88. The predicted octanol–water partition coefficient (Wildman–Crippen LogP) is 3.48. The number of hydrogen-bond donors (Lipinski definition) is 2. The molecular weight excluding hydrogens is 297 g/mol. The lowest BCUT2D eigenvalue weighted by molar-refractivity contribution is 0.106. The molecule has 0 aliphatic rings. The van der Waals surface area contributed by atoms with E-state index in [9.17, 15) is 14.3 Å². The highest BCUT2D eigenvalue weighted by Crippen LogP contribution is 2.19. The summed E-state index contributed by atoms with van der Waals surface area (Å²) in [5, 5.41) is 12.8. The third-order valence-corrected chi connectivity index (χ3v) is 3.57. The minimum atomic E-state index is -1.02. The van der Waals surface area contributed by atoms with E-state index in [-0.39, 0.29) is 12.4 Å². The van der Waals surface area contributed by atoms with Crippen molar-refractivity contribution in [3.8, 4) is 0 Å². The molecule has 4 nitrogen and oxygen atoms in total. The predicted molar refractivity (Wildman–Crippen MR) is 85.3 cm³/mol. The van der Waals surface area contributed by atoms with Crippen LogP contribution in [0.2, 0.25) is 0 Å². The first kappa shape index (κ1) is 17.0. The number of alkyl carbamates (subject to hydrolysis) is 1. The summed E-state index contributed by atoms with van der Waals surface area (Å²) in [4.78, 5) is 11.8. The van der Waals surface area contributed by atoms with Crippen molar-refractivity contribution in [2.45, 2.75) is 32.6 Å². The molecule has 2 unspecified atom stereocenters. The smallest absolute Gasteiger partial charge is 0.407 e. The van der Waals surface area contributed by atoms with Crippen molar-refractivity contribution >= 4 is 6.09 Å². The zero-order chi connectivity index (χ0) is 16.8. The summed E-state index contributed by atoms with van der Waals surface area (Å²) in [6, 6.07) is 13.2. The summed E-state index contributed by atoms with van der Waals surface area (Å²) in [5.41, 5.74) is 1.78. The molecule has 0 aliphatic heterocycles. The molecule has 122 valence electrons. The molecule has 1 amide bonds. The summed E-state index contributed by atoms with van der Waals surface area (Å²) in [6.07, 6.45) is -1.65. The zero-order valence-electron chi connectivity index (χ0n) is 13.1. The van der Waals surface area contributed by atoms with Gasteiger partial charge in [-0.2, -0.15) is 0 Å². The van der Waals surface area contributed by atoms with Crippen LogP contribution in [0.3, 0.4) is 0 Å². The molecule has 0 bridgehead atoms. The molecule has 2 aromatic carbocycles. The van der Waals surface area contributed by atoms with Gasteiger partial charge in [-0.1, -0.05) is 42.5 Å². The number of ether oxygens (including phenoxy) is 1. The van der Waals surface area contributed by atoms with Crippen molar-refractivity contribution < 1.29 is 19.0 Å². The van der Waals surface area contributed by atoms with E-state index < -0.39 is 18.2 Å². The van der Waals surface area contributed by atoms with Gasteiger partial charge in [0.05, 0.1) is 12.1 Å². The molecule has 23 heavy (non-hydrogen) atoms. The third-order valence-electron chi connectivity index (χ3n) is 3.57. The number of hydrogen-bond acceptors (Lipinski definition) is 3. The first-order chi connectivity index (χ1) is 11.0. The monoisotopic (exact) mass is 317 g/mol. The van der Waals surface area contributed by atoms with Gasteiger partial charge in [-0.3, -0.25) is 0 Å². The lowest BCUT2D eigenvalue weighted by Gasteiger charge is -2.20. The van der Waals surface area contributed by atoms with Gasteiger partial charge in [-0.15, -0.1) is 0 Å². The van der Waals surface area contributed by atoms with Crippen LogP contribution < -0.4 is 5.32 Å². The van der Waals surface area contributed by atoms with Gasteiger partial charge in [0.15, 0.2) is 0 Å². The fourth-order valence-electron chi connectivity index (χ4n) is 2.11. The molecule has 0 fully saturated rings. The number of aryl methyl sites for hydroxylation is 1. The minimum absolute atomic E-state index is 0.147. The van der Waals surface area contributed by atoms with Crippen molar-refractivity contribution in [2.75, 3.05) is 0 Å². The Bertz CT molecular complexity index is 661. The van der Waals surface area contributed by atoms with E-state index in [1.54, 1.807) is 26.0 Å². The van der Waals surface area contributed by atoms with Crippen LogP contribution in [-0.4, -0.2) is 17.2 Å². The quantitative estimate of drug-likeness (QED) is 0.887. The van der Waals surface area contributed by atoms with Crippen molar-refractivity contribution in [1.29, 1.82) is 0 Å². The molecule has 2 rings (SSSR count). The maximum absolute atomic E-state index is 13.6. The van der Waals surface area contributed by atoms with Gasteiger partial charge in [0.1, 0.15) is 12.4 Å². The number of benzene rings is 2. The topological polar surface area (TPSA) is 58.6 Å². The van der Waals surface area contributed by atoms with Gasteiger partial charge in [0.2, 0.25) is 0 Å². The third kappa shape index (κ3) is 4.79. The average Bonchev–Trinajstić information content (AvgIpc) is 2.55. The lowest BCUT2D eigenvalue weighted by Crippen LogP contribution is -2.37. The molecule has 5 heteroatoms. The molecule has 0 saturated heterocycles. The van der Waals surface area contributed by atoms with E-state index in [0.717, 1.165) is 5.56 Å². The average molecular weight is 317 g/mol. The molecular formula is C18H20FNO3. The van der Waals surface area contributed by atoms with E-state index >= 15 is 0 Å². The molecule has 0 heterocycles. The standard InChI is InChI=1S/C18H20FNO3/c1-12-8-9-15(10-16(12)19)17(21)13(2)20-18(22)23-11-14-6-4-3-5-7-14/h3-10,13,17,21H,11H2,1-2H3,(H,20,22). The number of aliphatic hydroxyl groups is 1. The summed E-state index contributed by atoms with van der Waals surface area (Å²) in [7, 11) is 0. The maximum atomic E-state index is 13.6. The van der Waals surface area contributed by atoms with Crippen molar-refractivity contribution in [3.63, 3.8) is 0 Å². The number of nitrogens with one attached hydrogen (secondary N) is 1. The largest absolute Gasteiger partial charge is 0.445 e. The Morgan fingerprint density at radius 2 is 1.96 bits per heavy atom. The highest BCUT2D eigenvalue weighted by atomic mass is 19.1. The first-order valence-electron chi connectivity index (χ1n) is 7.38. The fourth-order valence-corrected chi connectivity index (χ4v) is 2.11. The maximum Gasteiger partial charge on any atom is 0.407 e. The molecule has 2 aromatic rings. The fraction of sp³-hybridized carbons (Fsp3) is 0.278. The number of carbonyl (C=O) groups is 1. The molecule has 2 atom stereocenters. The van der Waals surface area contributed by atoms with Crippen LogP contribution in [0.1, 0.15) is 29.7 Å². The van der Waals surface area contributed by atoms with Gasteiger partial charge in [0, 0.05) is 0 Å². The summed E-state index contributed by atoms with van der Waals surface area (Å²) >= 11 is 0. The number of rotatable bonds is 5. The second-order valence-electron chi connectivity index (χ2n) is 5.45. The van der Waals surface area contributed by atoms with E-state index in [2.05, 4.69) is 5.32 Å². The van der Waals surface area contributed by atoms with Crippen molar-refractivity contribution in [1.82, 2.24) is 5.32 Å². The zero-order valence-corrected chi connectivity index (χ0v) is 13.1. The van der Waals surface area contributed by atoms with Crippen LogP contribution in [0.4, 0.5) is 9.18 Å². The summed E-state index contributed by atoms with van der Waals surface area (Å²) in [6.45, 7) is 3.43. The Morgan fingerprint density at radius 1 is 1.26 bits per heavy atom. The van der Waals surface area contributed by atoms with E-state index in [4.69, 9.17) is 4.74 Å². The van der Waals surface area contributed by atoms with E-state index in [0.29, 0.717) is 11.1 Å². The van der Waals surface area contributed by atoms with Crippen LogP contribution in [0, 0.1) is 12.7 Å². The van der Waals surface area contributed by atoms with Crippen LogP contribution in [0.15, 0.2) is 48.5 Å². The highest BCUT2D eigenvalue weighted by molar-refractivity contribution is 5.67. The van der Waals surface area contributed by atoms with Gasteiger partial charge < -0.3 is 15.2 Å². The van der Waals surface area contributed by atoms with Crippen molar-refractivity contribution in [3.05, 3.63) is 71.0 Å². The molecule has 0 spiro atoms. The number of aliphatic hydroxyl groups excluding tert-OH is 1. The van der Waals surface area contributed by atoms with Crippen LogP contribution >= 0.6 is 0 Å². The molecule has 0 aliphatic carbocycles.